The highest BCUT2D eigenvalue weighted by atomic mass is 35.5. The van der Waals surface area contributed by atoms with Gasteiger partial charge in [0, 0.05) is 43.8 Å². The van der Waals surface area contributed by atoms with Gasteiger partial charge in [0.1, 0.15) is 5.56 Å². The van der Waals surface area contributed by atoms with Crippen LogP contribution < -0.4 is 16.2 Å². The summed E-state index contributed by atoms with van der Waals surface area (Å²) in [6, 6.07) is 7.31. The first-order chi connectivity index (χ1) is 12.6. The summed E-state index contributed by atoms with van der Waals surface area (Å²) in [7, 11) is 1.87. The molecule has 0 fully saturated rings. The predicted octanol–water partition coefficient (Wildman–Crippen LogP) is 1.68. The van der Waals surface area contributed by atoms with Gasteiger partial charge >= 0.3 is 0 Å². The largest absolute Gasteiger partial charge is 0.348 e. The molecule has 0 spiro atoms. The van der Waals surface area contributed by atoms with Crippen molar-refractivity contribution in [2.24, 2.45) is 7.05 Å². The van der Waals surface area contributed by atoms with E-state index in [4.69, 9.17) is 11.6 Å². The quantitative estimate of drug-likeness (QED) is 0.691. The average Bonchev–Trinajstić information content (AvgIpc) is 3.10. The van der Waals surface area contributed by atoms with Gasteiger partial charge < -0.3 is 15.2 Å². The summed E-state index contributed by atoms with van der Waals surface area (Å²) < 4.78 is 3.21. The van der Waals surface area contributed by atoms with Crippen molar-refractivity contribution in [2.45, 2.75) is 19.5 Å². The number of nitrogens with one attached hydrogen (secondary N) is 2. The van der Waals surface area contributed by atoms with E-state index in [1.54, 1.807) is 12.1 Å². The van der Waals surface area contributed by atoms with Crippen LogP contribution in [0.4, 0.5) is 0 Å². The second-order valence-corrected chi connectivity index (χ2v) is 6.76. The maximum Gasteiger partial charge on any atom is 0.279 e. The molecule has 0 saturated carbocycles. The van der Waals surface area contributed by atoms with Crippen LogP contribution in [-0.2, 0) is 26.6 Å². The molecule has 0 atom stereocenters. The molecule has 0 unspecified atom stereocenters. The minimum Gasteiger partial charge on any atom is -0.348 e. The molecule has 1 aromatic carbocycles. The van der Waals surface area contributed by atoms with Crippen molar-refractivity contribution < 1.29 is 4.79 Å². The Morgan fingerprint density at radius 2 is 2.22 bits per heavy atom. The third kappa shape index (κ3) is 3.45. The smallest absolute Gasteiger partial charge is 0.279 e. The molecular weight excluding hydrogens is 389 g/mol. The first-order valence-electron chi connectivity index (χ1n) is 8.38. The standard InChI is InChI=1S/C18H18ClN5O2.ClH/c1-23-15-5-6-20-9-13(15)18(26)24-17(23)14(10-22-24)16(25)21-8-11-3-2-4-12(19)7-11;/h2-4,7,10,20H,5-6,8-9H2,1H3,(H,21,25);1H. The number of carbonyl (C=O) groups excluding carboxylic acids is 1. The van der Waals surface area contributed by atoms with E-state index in [1.165, 1.54) is 10.7 Å². The molecule has 142 valence electrons. The highest BCUT2D eigenvalue weighted by molar-refractivity contribution is 6.30. The summed E-state index contributed by atoms with van der Waals surface area (Å²) in [5.41, 5.74) is 3.28. The van der Waals surface area contributed by atoms with Gasteiger partial charge in [-0.25, -0.2) is 0 Å². The van der Waals surface area contributed by atoms with Crippen LogP contribution in [0.2, 0.25) is 5.02 Å². The molecule has 0 bridgehead atoms. The van der Waals surface area contributed by atoms with Crippen molar-refractivity contribution in [2.75, 3.05) is 6.54 Å². The van der Waals surface area contributed by atoms with Crippen molar-refractivity contribution in [3.8, 4) is 0 Å². The van der Waals surface area contributed by atoms with Gasteiger partial charge in [0.25, 0.3) is 11.5 Å². The molecule has 0 saturated heterocycles. The monoisotopic (exact) mass is 407 g/mol. The Morgan fingerprint density at radius 1 is 1.41 bits per heavy atom. The molecule has 2 aromatic heterocycles. The van der Waals surface area contributed by atoms with E-state index in [0.29, 0.717) is 34.9 Å². The van der Waals surface area contributed by atoms with Gasteiger partial charge in [0.05, 0.1) is 11.8 Å². The van der Waals surface area contributed by atoms with E-state index in [9.17, 15) is 9.59 Å². The van der Waals surface area contributed by atoms with Gasteiger partial charge in [-0.2, -0.15) is 9.61 Å². The van der Waals surface area contributed by atoms with E-state index in [-0.39, 0.29) is 23.9 Å². The Balaban J connectivity index is 0.00000210. The summed E-state index contributed by atoms with van der Waals surface area (Å²) in [6.07, 6.45) is 2.19. The number of rotatable bonds is 3. The molecule has 9 heteroatoms. The first-order valence-corrected chi connectivity index (χ1v) is 8.76. The predicted molar refractivity (Wildman–Crippen MR) is 106 cm³/mol. The fourth-order valence-corrected chi connectivity index (χ4v) is 3.61. The summed E-state index contributed by atoms with van der Waals surface area (Å²) in [6.45, 7) is 1.68. The highest BCUT2D eigenvalue weighted by Crippen LogP contribution is 2.16. The van der Waals surface area contributed by atoms with Gasteiger partial charge in [-0.3, -0.25) is 9.59 Å². The van der Waals surface area contributed by atoms with Gasteiger partial charge in [-0.05, 0) is 17.7 Å². The van der Waals surface area contributed by atoms with Crippen molar-refractivity contribution in [1.29, 1.82) is 0 Å². The van der Waals surface area contributed by atoms with Crippen LogP contribution in [0.3, 0.4) is 0 Å². The fraction of sp³-hybridized carbons (Fsp3) is 0.278. The maximum atomic E-state index is 12.7. The zero-order valence-corrected chi connectivity index (χ0v) is 16.2. The van der Waals surface area contributed by atoms with E-state index in [0.717, 1.165) is 24.2 Å². The van der Waals surface area contributed by atoms with E-state index >= 15 is 0 Å². The van der Waals surface area contributed by atoms with Crippen molar-refractivity contribution in [3.63, 3.8) is 0 Å². The normalized spacial score (nSPS) is 13.1. The first kappa shape index (κ1) is 19.4. The van der Waals surface area contributed by atoms with Gasteiger partial charge in [0.15, 0.2) is 5.65 Å². The minimum absolute atomic E-state index is 0. The number of hydrogen-bond donors (Lipinski definition) is 2. The van der Waals surface area contributed by atoms with E-state index in [2.05, 4.69) is 15.7 Å². The molecule has 1 aliphatic rings. The van der Waals surface area contributed by atoms with Crippen LogP contribution >= 0.6 is 24.0 Å². The summed E-state index contributed by atoms with van der Waals surface area (Å²) in [4.78, 5) is 25.4. The van der Waals surface area contributed by atoms with Crippen LogP contribution in [0, 0.1) is 0 Å². The van der Waals surface area contributed by atoms with E-state index in [1.807, 2.05) is 23.7 Å². The van der Waals surface area contributed by atoms with Crippen LogP contribution in [-0.4, -0.2) is 26.6 Å². The number of benzene rings is 1. The second-order valence-electron chi connectivity index (χ2n) is 6.32. The van der Waals surface area contributed by atoms with Gasteiger partial charge in [0.2, 0.25) is 0 Å². The Kier molecular flexibility index (Phi) is 5.55. The molecule has 1 amide bonds. The number of fused-ring (bicyclic) bond motifs is 2. The number of nitrogens with zero attached hydrogens (tertiary/aromatic N) is 3. The van der Waals surface area contributed by atoms with Gasteiger partial charge in [-0.15, -0.1) is 12.4 Å². The zero-order chi connectivity index (χ0) is 18.3. The second kappa shape index (κ2) is 7.72. The van der Waals surface area contributed by atoms with Crippen LogP contribution in [0.1, 0.15) is 27.2 Å². The van der Waals surface area contributed by atoms with Crippen LogP contribution in [0.15, 0.2) is 35.3 Å². The number of aryl methyl sites for hydroxylation is 1. The maximum absolute atomic E-state index is 12.7. The van der Waals surface area contributed by atoms with Crippen molar-refractivity contribution in [1.82, 2.24) is 24.8 Å². The summed E-state index contributed by atoms with van der Waals surface area (Å²) >= 11 is 5.97. The number of carbonyl (C=O) groups is 1. The molecule has 0 radical (unpaired) electrons. The lowest BCUT2D eigenvalue weighted by Crippen LogP contribution is -2.35. The molecule has 2 N–H and O–H groups in total. The summed E-state index contributed by atoms with van der Waals surface area (Å²) in [5, 5.41) is 10.8. The molecule has 3 heterocycles. The highest BCUT2D eigenvalue weighted by Gasteiger charge is 2.23. The van der Waals surface area contributed by atoms with Gasteiger partial charge in [-0.1, -0.05) is 23.7 Å². The Hall–Kier alpha value is -2.35. The van der Waals surface area contributed by atoms with E-state index < -0.39 is 0 Å². The molecule has 3 aromatic rings. The Labute approximate surface area is 166 Å². The molecule has 7 nitrogen and oxygen atoms in total. The topological polar surface area (TPSA) is 80.4 Å². The summed E-state index contributed by atoms with van der Waals surface area (Å²) in [5.74, 6) is -0.274. The minimum atomic E-state index is -0.274. The molecule has 1 aliphatic heterocycles. The zero-order valence-electron chi connectivity index (χ0n) is 14.7. The Bertz CT molecular complexity index is 1070. The SMILES string of the molecule is Cl.Cn1c2c(c(=O)n3ncc(C(=O)NCc4cccc(Cl)c4)c13)CNCC2. The number of hydrogen-bond acceptors (Lipinski definition) is 4. The van der Waals surface area contributed by atoms with Crippen LogP contribution in [0.25, 0.3) is 5.65 Å². The molecule has 0 aliphatic carbocycles. The number of aromatic nitrogens is 3. The number of amides is 1. The third-order valence-corrected chi connectivity index (χ3v) is 4.93. The van der Waals surface area contributed by atoms with Crippen molar-refractivity contribution in [3.05, 3.63) is 68.2 Å². The Morgan fingerprint density at radius 3 is 3.00 bits per heavy atom. The molecule has 27 heavy (non-hydrogen) atoms. The van der Waals surface area contributed by atoms with Crippen molar-refractivity contribution >= 4 is 35.6 Å². The lowest BCUT2D eigenvalue weighted by Gasteiger charge is -2.20. The lowest BCUT2D eigenvalue weighted by atomic mass is 10.1. The third-order valence-electron chi connectivity index (χ3n) is 4.69. The molecule has 4 rings (SSSR count). The fourth-order valence-electron chi connectivity index (χ4n) is 3.40. The molecular formula is C18H19Cl2N5O2. The average molecular weight is 408 g/mol. The lowest BCUT2D eigenvalue weighted by molar-refractivity contribution is 0.0952. The number of halogens is 2. The van der Waals surface area contributed by atoms with Crippen LogP contribution in [0.5, 0.6) is 0 Å².